The average Bonchev–Trinajstić information content (AvgIpc) is 2.80. The molecular formula is C28H26N2O3S. The topological polar surface area (TPSA) is 49.9 Å². The first-order valence-electron chi connectivity index (χ1n) is 11.1. The van der Waals surface area contributed by atoms with Crippen molar-refractivity contribution in [3.05, 3.63) is 95.1 Å². The van der Waals surface area contributed by atoms with Crippen LogP contribution in [0.5, 0.6) is 5.75 Å². The van der Waals surface area contributed by atoms with Crippen molar-refractivity contribution in [3.8, 4) is 5.75 Å². The first-order chi connectivity index (χ1) is 16.3. The van der Waals surface area contributed by atoms with Gasteiger partial charge < -0.3 is 4.74 Å². The van der Waals surface area contributed by atoms with E-state index in [2.05, 4.69) is 0 Å². The summed E-state index contributed by atoms with van der Waals surface area (Å²) < 4.78 is 5.70. The molecule has 1 aliphatic heterocycles. The average molecular weight is 471 g/mol. The van der Waals surface area contributed by atoms with Crippen LogP contribution in [0.1, 0.15) is 30.5 Å². The van der Waals surface area contributed by atoms with Crippen LogP contribution in [0.3, 0.4) is 0 Å². The fraction of sp³-hybridized carbons (Fsp3) is 0.179. The van der Waals surface area contributed by atoms with E-state index in [1.165, 1.54) is 9.80 Å². The minimum absolute atomic E-state index is 0.0395. The number of hydrogen-bond acceptors (Lipinski definition) is 4. The molecule has 0 aliphatic carbocycles. The molecule has 0 radical (unpaired) electrons. The highest BCUT2D eigenvalue weighted by Gasteiger charge is 2.41. The van der Waals surface area contributed by atoms with Crippen LogP contribution in [0.15, 0.2) is 78.4 Å². The second-order valence-electron chi connectivity index (χ2n) is 8.43. The summed E-state index contributed by atoms with van der Waals surface area (Å²) in [6.45, 7) is 7.74. The number of aryl methyl sites for hydroxylation is 2. The van der Waals surface area contributed by atoms with Gasteiger partial charge in [0.1, 0.15) is 11.3 Å². The van der Waals surface area contributed by atoms with Crippen LogP contribution in [-0.2, 0) is 9.59 Å². The standard InChI is InChI=1S/C28H26N2O3S/c1-18(2)33-22-15-13-21(14-16-22)17-23-26(31)29(24-11-7-5-9-19(24)3)28(34)30(27(23)32)25-12-8-6-10-20(25)4/h5-18H,1-4H3. The third-order valence-corrected chi connectivity index (χ3v) is 5.89. The molecule has 6 heteroatoms. The number of ether oxygens (including phenoxy) is 1. The highest BCUT2D eigenvalue weighted by atomic mass is 32.1. The number of carbonyl (C=O) groups excluding carboxylic acids is 2. The highest BCUT2D eigenvalue weighted by molar-refractivity contribution is 7.81. The molecule has 4 rings (SSSR count). The van der Waals surface area contributed by atoms with E-state index < -0.39 is 11.8 Å². The molecule has 0 bridgehead atoms. The SMILES string of the molecule is Cc1ccccc1N1C(=O)C(=Cc2ccc(OC(C)C)cc2)C(=O)N(c2ccccc2C)C1=S. The van der Waals surface area contributed by atoms with Crippen LogP contribution >= 0.6 is 12.2 Å². The predicted molar refractivity (Wildman–Crippen MR) is 140 cm³/mol. The van der Waals surface area contributed by atoms with Gasteiger partial charge >= 0.3 is 0 Å². The van der Waals surface area contributed by atoms with Gasteiger partial charge in [-0.2, -0.15) is 0 Å². The molecule has 2 amide bonds. The lowest BCUT2D eigenvalue weighted by Gasteiger charge is -2.37. The number of amides is 2. The summed E-state index contributed by atoms with van der Waals surface area (Å²) in [5, 5.41) is 0.136. The second-order valence-corrected chi connectivity index (χ2v) is 8.80. The van der Waals surface area contributed by atoms with Crippen LogP contribution in [-0.4, -0.2) is 23.0 Å². The summed E-state index contributed by atoms with van der Waals surface area (Å²) in [6.07, 6.45) is 1.67. The quantitative estimate of drug-likeness (QED) is 0.267. The molecule has 0 spiro atoms. The van der Waals surface area contributed by atoms with E-state index in [-0.39, 0.29) is 16.8 Å². The molecule has 172 valence electrons. The van der Waals surface area contributed by atoms with Gasteiger partial charge in [-0.3, -0.25) is 19.4 Å². The maximum Gasteiger partial charge on any atom is 0.270 e. The number of hydrogen-bond donors (Lipinski definition) is 0. The number of para-hydroxylation sites is 2. The Morgan fingerprint density at radius 1 is 0.765 bits per heavy atom. The Bertz CT molecular complexity index is 1230. The third-order valence-electron chi connectivity index (χ3n) is 5.53. The maximum absolute atomic E-state index is 13.7. The lowest BCUT2D eigenvalue weighted by Crippen LogP contribution is -2.57. The number of thiocarbonyl (C=S) groups is 1. The van der Waals surface area contributed by atoms with Gasteiger partial charge in [0.15, 0.2) is 5.11 Å². The predicted octanol–water partition coefficient (Wildman–Crippen LogP) is 5.84. The number of nitrogens with zero attached hydrogens (tertiary/aromatic N) is 2. The lowest BCUT2D eigenvalue weighted by molar-refractivity contribution is -0.120. The first kappa shape index (κ1) is 23.4. The molecule has 1 heterocycles. The van der Waals surface area contributed by atoms with Gasteiger partial charge in [-0.25, -0.2) is 0 Å². The summed E-state index contributed by atoms with van der Waals surface area (Å²) in [4.78, 5) is 30.2. The summed E-state index contributed by atoms with van der Waals surface area (Å²) in [6, 6.07) is 22.3. The van der Waals surface area contributed by atoms with E-state index in [0.717, 1.165) is 22.4 Å². The lowest BCUT2D eigenvalue weighted by atomic mass is 10.0. The molecule has 0 N–H and O–H groups in total. The Morgan fingerprint density at radius 3 is 1.68 bits per heavy atom. The van der Waals surface area contributed by atoms with E-state index in [9.17, 15) is 9.59 Å². The zero-order valence-corrected chi connectivity index (χ0v) is 20.4. The fourth-order valence-corrected chi connectivity index (χ4v) is 4.23. The van der Waals surface area contributed by atoms with E-state index in [1.54, 1.807) is 6.08 Å². The summed E-state index contributed by atoms with van der Waals surface area (Å²) >= 11 is 5.73. The van der Waals surface area contributed by atoms with Gasteiger partial charge in [-0.1, -0.05) is 48.5 Å². The molecule has 3 aromatic carbocycles. The monoisotopic (exact) mass is 470 g/mol. The van der Waals surface area contributed by atoms with Crippen molar-refractivity contribution in [1.82, 2.24) is 0 Å². The van der Waals surface area contributed by atoms with Gasteiger partial charge in [0.25, 0.3) is 11.8 Å². The Morgan fingerprint density at radius 2 is 1.24 bits per heavy atom. The van der Waals surface area contributed by atoms with E-state index in [0.29, 0.717) is 11.4 Å². The fourth-order valence-electron chi connectivity index (χ4n) is 3.86. The van der Waals surface area contributed by atoms with Crippen molar-refractivity contribution >= 4 is 46.6 Å². The Labute approximate surface area is 205 Å². The summed E-state index contributed by atoms with van der Waals surface area (Å²) in [7, 11) is 0. The molecule has 5 nitrogen and oxygen atoms in total. The first-order valence-corrected chi connectivity index (χ1v) is 11.5. The second kappa shape index (κ2) is 9.61. The van der Waals surface area contributed by atoms with E-state index >= 15 is 0 Å². The van der Waals surface area contributed by atoms with Crippen molar-refractivity contribution in [2.45, 2.75) is 33.8 Å². The highest BCUT2D eigenvalue weighted by Crippen LogP contribution is 2.32. The van der Waals surface area contributed by atoms with E-state index in [1.807, 2.05) is 100 Å². The van der Waals surface area contributed by atoms with Crippen LogP contribution < -0.4 is 14.5 Å². The molecule has 0 saturated carbocycles. The Hall–Kier alpha value is -3.77. The van der Waals surface area contributed by atoms with Crippen molar-refractivity contribution in [2.24, 2.45) is 0 Å². The smallest absolute Gasteiger partial charge is 0.270 e. The molecule has 34 heavy (non-hydrogen) atoms. The Kier molecular flexibility index (Phi) is 6.61. The summed E-state index contributed by atoms with van der Waals surface area (Å²) in [5.41, 5.74) is 3.82. The Balaban J connectivity index is 1.83. The molecule has 0 aromatic heterocycles. The zero-order valence-electron chi connectivity index (χ0n) is 19.6. The van der Waals surface area contributed by atoms with Crippen LogP contribution in [0.4, 0.5) is 11.4 Å². The van der Waals surface area contributed by atoms with Crippen LogP contribution in [0, 0.1) is 13.8 Å². The maximum atomic E-state index is 13.7. The van der Waals surface area contributed by atoms with Crippen LogP contribution in [0.25, 0.3) is 6.08 Å². The van der Waals surface area contributed by atoms with Gasteiger partial charge in [0, 0.05) is 0 Å². The summed E-state index contributed by atoms with van der Waals surface area (Å²) in [5.74, 6) is -0.170. The molecular weight excluding hydrogens is 444 g/mol. The molecule has 1 saturated heterocycles. The molecule has 1 aliphatic rings. The number of rotatable bonds is 5. The van der Waals surface area contributed by atoms with Crippen molar-refractivity contribution in [2.75, 3.05) is 9.80 Å². The van der Waals surface area contributed by atoms with Crippen LogP contribution in [0.2, 0.25) is 0 Å². The van der Waals surface area contributed by atoms with Gasteiger partial charge in [-0.05, 0) is 86.9 Å². The minimum atomic E-state index is -0.448. The number of carbonyl (C=O) groups is 2. The molecule has 1 fully saturated rings. The number of benzene rings is 3. The number of anilines is 2. The van der Waals surface area contributed by atoms with Crippen molar-refractivity contribution in [1.29, 1.82) is 0 Å². The third kappa shape index (κ3) is 4.50. The van der Waals surface area contributed by atoms with Gasteiger partial charge in [-0.15, -0.1) is 0 Å². The van der Waals surface area contributed by atoms with Crippen molar-refractivity contribution < 1.29 is 14.3 Å². The molecule has 3 aromatic rings. The van der Waals surface area contributed by atoms with Crippen molar-refractivity contribution in [3.63, 3.8) is 0 Å². The minimum Gasteiger partial charge on any atom is -0.491 e. The largest absolute Gasteiger partial charge is 0.491 e. The molecule has 0 atom stereocenters. The van der Waals surface area contributed by atoms with Gasteiger partial charge in [0.2, 0.25) is 0 Å². The molecule has 0 unspecified atom stereocenters. The van der Waals surface area contributed by atoms with E-state index in [4.69, 9.17) is 17.0 Å². The zero-order chi connectivity index (χ0) is 24.4. The van der Waals surface area contributed by atoms with Gasteiger partial charge in [0.05, 0.1) is 17.5 Å². The normalized spacial score (nSPS) is 14.1.